The van der Waals surface area contributed by atoms with E-state index in [0.717, 1.165) is 0 Å². The van der Waals surface area contributed by atoms with Crippen molar-refractivity contribution in [2.75, 3.05) is 5.32 Å². The summed E-state index contributed by atoms with van der Waals surface area (Å²) >= 11 is 21.0. The van der Waals surface area contributed by atoms with Gasteiger partial charge in [-0.3, -0.25) is 0 Å². The van der Waals surface area contributed by atoms with Gasteiger partial charge in [-0.05, 0) is 24.3 Å². The maximum atomic E-state index is 13.6. The van der Waals surface area contributed by atoms with Crippen molar-refractivity contribution in [3.8, 4) is 0 Å². The van der Waals surface area contributed by atoms with Crippen LogP contribution in [-0.2, 0) is 6.54 Å². The van der Waals surface area contributed by atoms with Gasteiger partial charge in [0.05, 0.1) is 20.8 Å². The maximum absolute atomic E-state index is 13.6. The number of nitrogens with one attached hydrogen (secondary N) is 1. The first-order valence-electron chi connectivity index (χ1n) is 5.29. The quantitative estimate of drug-likeness (QED) is 0.626. The summed E-state index contributed by atoms with van der Waals surface area (Å²) < 4.78 is 14.3. The van der Waals surface area contributed by atoms with E-state index < -0.39 is 0 Å². The molecule has 0 aliphatic rings. The summed E-state index contributed by atoms with van der Waals surface area (Å²) in [6.45, 7) is 0.302. The Hall–Kier alpha value is -0.480. The Morgan fingerprint density at radius 3 is 2.37 bits per heavy atom. The molecule has 2 aromatic carbocycles. The molecule has 0 aliphatic heterocycles. The van der Waals surface area contributed by atoms with Crippen molar-refractivity contribution in [1.82, 2.24) is 0 Å². The second kappa shape index (κ2) is 6.31. The summed E-state index contributed by atoms with van der Waals surface area (Å²) in [5.41, 5.74) is 1.14. The molecule has 0 amide bonds. The van der Waals surface area contributed by atoms with Gasteiger partial charge < -0.3 is 5.32 Å². The van der Waals surface area contributed by atoms with Crippen molar-refractivity contribution in [1.29, 1.82) is 0 Å². The third kappa shape index (κ3) is 3.76. The highest BCUT2D eigenvalue weighted by Crippen LogP contribution is 2.32. The molecule has 0 heterocycles. The predicted molar refractivity (Wildman–Crippen MR) is 82.9 cm³/mol. The van der Waals surface area contributed by atoms with Gasteiger partial charge in [0.1, 0.15) is 5.82 Å². The average molecular weight is 383 g/mol. The molecule has 0 saturated heterocycles. The van der Waals surface area contributed by atoms with Gasteiger partial charge >= 0.3 is 0 Å². The van der Waals surface area contributed by atoms with Crippen LogP contribution < -0.4 is 5.32 Å². The van der Waals surface area contributed by atoms with Crippen LogP contribution in [0.2, 0.25) is 15.1 Å². The topological polar surface area (TPSA) is 12.0 Å². The normalized spacial score (nSPS) is 10.6. The second-order valence-corrected chi connectivity index (χ2v) is 5.97. The van der Waals surface area contributed by atoms with E-state index >= 15 is 0 Å². The molecule has 0 fully saturated rings. The van der Waals surface area contributed by atoms with E-state index in [4.69, 9.17) is 34.8 Å². The van der Waals surface area contributed by atoms with Crippen LogP contribution in [0, 0.1) is 5.82 Å². The van der Waals surface area contributed by atoms with Crippen LogP contribution in [0.1, 0.15) is 5.56 Å². The van der Waals surface area contributed by atoms with Crippen LogP contribution in [0.3, 0.4) is 0 Å². The first-order chi connectivity index (χ1) is 8.97. The standard InChI is InChI=1S/C13H8BrCl3FN/c14-8-2-1-7(12(18)3-8)6-19-13-5-10(16)9(15)4-11(13)17/h1-5,19H,6H2. The van der Waals surface area contributed by atoms with Gasteiger partial charge in [0.2, 0.25) is 0 Å². The SMILES string of the molecule is Fc1cc(Br)ccc1CNc1cc(Cl)c(Cl)cc1Cl. The molecular formula is C13H8BrCl3FN. The molecule has 100 valence electrons. The number of hydrogen-bond acceptors (Lipinski definition) is 1. The van der Waals surface area contributed by atoms with E-state index in [2.05, 4.69) is 21.2 Å². The highest BCUT2D eigenvalue weighted by Gasteiger charge is 2.07. The van der Waals surface area contributed by atoms with E-state index in [1.165, 1.54) is 6.07 Å². The van der Waals surface area contributed by atoms with E-state index in [1.54, 1.807) is 24.3 Å². The van der Waals surface area contributed by atoms with Crippen LogP contribution in [0.4, 0.5) is 10.1 Å². The molecule has 2 aromatic rings. The van der Waals surface area contributed by atoms with Gasteiger partial charge in [-0.1, -0.05) is 56.8 Å². The number of hydrogen-bond donors (Lipinski definition) is 1. The third-order valence-corrected chi connectivity index (χ3v) is 4.02. The third-order valence-electron chi connectivity index (χ3n) is 2.49. The summed E-state index contributed by atoms with van der Waals surface area (Å²) in [4.78, 5) is 0. The summed E-state index contributed by atoms with van der Waals surface area (Å²) in [6.07, 6.45) is 0. The maximum Gasteiger partial charge on any atom is 0.129 e. The summed E-state index contributed by atoms with van der Waals surface area (Å²) in [7, 11) is 0. The zero-order valence-corrected chi connectivity index (χ0v) is 13.3. The average Bonchev–Trinajstić information content (AvgIpc) is 2.34. The van der Waals surface area contributed by atoms with Crippen molar-refractivity contribution in [3.05, 3.63) is 61.3 Å². The van der Waals surface area contributed by atoms with Gasteiger partial charge in [0.25, 0.3) is 0 Å². The Morgan fingerprint density at radius 2 is 1.68 bits per heavy atom. The Labute approximate surface area is 133 Å². The lowest BCUT2D eigenvalue weighted by molar-refractivity contribution is 0.612. The van der Waals surface area contributed by atoms with E-state index in [9.17, 15) is 4.39 Å². The fourth-order valence-corrected chi connectivity index (χ4v) is 2.46. The Kier molecular flexibility index (Phi) is 4.96. The van der Waals surface area contributed by atoms with Crippen molar-refractivity contribution in [2.24, 2.45) is 0 Å². The minimum atomic E-state index is -0.293. The van der Waals surface area contributed by atoms with E-state index in [-0.39, 0.29) is 5.82 Å². The monoisotopic (exact) mass is 381 g/mol. The van der Waals surface area contributed by atoms with Crippen LogP contribution in [-0.4, -0.2) is 0 Å². The summed E-state index contributed by atoms with van der Waals surface area (Å²) in [5, 5.41) is 4.24. The van der Waals surface area contributed by atoms with Gasteiger partial charge in [-0.2, -0.15) is 0 Å². The molecule has 0 aromatic heterocycles. The van der Waals surface area contributed by atoms with Crippen LogP contribution in [0.15, 0.2) is 34.8 Å². The van der Waals surface area contributed by atoms with Gasteiger partial charge in [0, 0.05) is 16.6 Å². The molecule has 0 atom stereocenters. The van der Waals surface area contributed by atoms with Crippen LogP contribution >= 0.6 is 50.7 Å². The van der Waals surface area contributed by atoms with Gasteiger partial charge in [0.15, 0.2) is 0 Å². The Morgan fingerprint density at radius 1 is 1.00 bits per heavy atom. The zero-order chi connectivity index (χ0) is 14.0. The van der Waals surface area contributed by atoms with Crippen molar-refractivity contribution < 1.29 is 4.39 Å². The largest absolute Gasteiger partial charge is 0.380 e. The summed E-state index contributed by atoms with van der Waals surface area (Å²) in [5.74, 6) is -0.293. The summed E-state index contributed by atoms with van der Waals surface area (Å²) in [6, 6.07) is 8.04. The molecule has 2 rings (SSSR count). The molecular weight excluding hydrogens is 375 g/mol. The molecule has 1 N–H and O–H groups in total. The molecule has 0 saturated carbocycles. The predicted octanol–water partition coefficient (Wildman–Crippen LogP) is 6.16. The second-order valence-electron chi connectivity index (χ2n) is 3.84. The smallest absolute Gasteiger partial charge is 0.129 e. The number of anilines is 1. The van der Waals surface area contributed by atoms with Crippen molar-refractivity contribution >= 4 is 56.4 Å². The van der Waals surface area contributed by atoms with Crippen molar-refractivity contribution in [2.45, 2.75) is 6.54 Å². The highest BCUT2D eigenvalue weighted by molar-refractivity contribution is 9.10. The first kappa shape index (κ1) is 14.9. The van der Waals surface area contributed by atoms with E-state index in [1.807, 2.05) is 0 Å². The van der Waals surface area contributed by atoms with E-state index in [0.29, 0.717) is 37.3 Å². The molecule has 0 aliphatic carbocycles. The highest BCUT2D eigenvalue weighted by atomic mass is 79.9. The molecule has 0 radical (unpaired) electrons. The first-order valence-corrected chi connectivity index (χ1v) is 7.22. The van der Waals surface area contributed by atoms with Gasteiger partial charge in [-0.15, -0.1) is 0 Å². The Balaban J connectivity index is 2.16. The van der Waals surface area contributed by atoms with Gasteiger partial charge in [-0.25, -0.2) is 4.39 Å². The number of halogens is 5. The van der Waals surface area contributed by atoms with Crippen LogP contribution in [0.5, 0.6) is 0 Å². The lowest BCUT2D eigenvalue weighted by atomic mass is 10.2. The molecule has 0 spiro atoms. The minimum absolute atomic E-state index is 0.293. The molecule has 19 heavy (non-hydrogen) atoms. The minimum Gasteiger partial charge on any atom is -0.380 e. The lowest BCUT2D eigenvalue weighted by Crippen LogP contribution is -2.02. The zero-order valence-electron chi connectivity index (χ0n) is 9.48. The molecule has 0 bridgehead atoms. The fourth-order valence-electron chi connectivity index (χ4n) is 1.51. The van der Waals surface area contributed by atoms with Crippen molar-refractivity contribution in [3.63, 3.8) is 0 Å². The lowest BCUT2D eigenvalue weighted by Gasteiger charge is -2.10. The molecule has 0 unspecified atom stereocenters. The number of rotatable bonds is 3. The number of benzene rings is 2. The molecule has 1 nitrogen and oxygen atoms in total. The Bertz CT molecular complexity index is 619. The van der Waals surface area contributed by atoms with Crippen LogP contribution in [0.25, 0.3) is 0 Å². The molecule has 6 heteroatoms. The fraction of sp³-hybridized carbons (Fsp3) is 0.0769.